The number of para-hydroxylation sites is 1. The molecule has 1 aromatic carbocycles. The number of carbonyl (C=O) groups is 1. The SMILES string of the molecule is Cc1[nH]c2ccccc2c1C(=O)[C@H](C)Sc1nnc2ccccn12. The molecule has 0 saturated heterocycles. The Hall–Kier alpha value is -2.60. The molecular weight excluding hydrogens is 320 g/mol. The molecule has 0 spiro atoms. The number of nitrogens with zero attached hydrogens (tertiary/aromatic N) is 3. The van der Waals surface area contributed by atoms with Crippen molar-refractivity contribution in [3.8, 4) is 0 Å². The summed E-state index contributed by atoms with van der Waals surface area (Å²) in [4.78, 5) is 16.3. The standard InChI is InChI=1S/C18H16N4OS/c1-11-16(13-7-3-4-8-14(13)19-11)17(23)12(2)24-18-21-20-15-9-5-6-10-22(15)18/h3-10,12,19H,1-2H3/t12-/m0/s1. The van der Waals surface area contributed by atoms with Gasteiger partial charge in [-0.2, -0.15) is 0 Å². The molecular formula is C18H16N4OS. The van der Waals surface area contributed by atoms with Gasteiger partial charge in [-0.05, 0) is 32.0 Å². The lowest BCUT2D eigenvalue weighted by Crippen LogP contribution is -2.15. The van der Waals surface area contributed by atoms with Crippen LogP contribution < -0.4 is 0 Å². The Bertz CT molecular complexity index is 1050. The highest BCUT2D eigenvalue weighted by Gasteiger charge is 2.23. The highest BCUT2D eigenvalue weighted by molar-refractivity contribution is 8.00. The first-order chi connectivity index (χ1) is 11.6. The molecule has 5 nitrogen and oxygen atoms in total. The zero-order chi connectivity index (χ0) is 16.7. The van der Waals surface area contributed by atoms with Gasteiger partial charge in [-0.15, -0.1) is 10.2 Å². The number of nitrogens with one attached hydrogen (secondary N) is 1. The molecule has 4 aromatic rings. The average Bonchev–Trinajstić information content (AvgIpc) is 3.14. The summed E-state index contributed by atoms with van der Waals surface area (Å²) in [7, 11) is 0. The molecule has 120 valence electrons. The van der Waals surface area contributed by atoms with Crippen LogP contribution in [0.5, 0.6) is 0 Å². The van der Waals surface area contributed by atoms with Crippen LogP contribution >= 0.6 is 11.8 Å². The molecule has 24 heavy (non-hydrogen) atoms. The number of carbonyl (C=O) groups excluding carboxylic acids is 1. The van der Waals surface area contributed by atoms with Crippen molar-refractivity contribution in [2.24, 2.45) is 0 Å². The van der Waals surface area contributed by atoms with Crippen LogP contribution in [0, 0.1) is 6.92 Å². The van der Waals surface area contributed by atoms with Crippen LogP contribution in [-0.2, 0) is 0 Å². The van der Waals surface area contributed by atoms with Crippen LogP contribution in [-0.4, -0.2) is 30.6 Å². The van der Waals surface area contributed by atoms with E-state index in [9.17, 15) is 4.79 Å². The highest BCUT2D eigenvalue weighted by Crippen LogP contribution is 2.29. The van der Waals surface area contributed by atoms with E-state index in [1.54, 1.807) is 0 Å². The van der Waals surface area contributed by atoms with Gasteiger partial charge < -0.3 is 4.98 Å². The topological polar surface area (TPSA) is 63.0 Å². The lowest BCUT2D eigenvalue weighted by molar-refractivity contribution is 0.0995. The first kappa shape index (κ1) is 15.0. The number of rotatable bonds is 4. The van der Waals surface area contributed by atoms with E-state index in [1.807, 2.05) is 66.9 Å². The van der Waals surface area contributed by atoms with Crippen LogP contribution in [0.2, 0.25) is 0 Å². The Labute approximate surface area is 143 Å². The fraction of sp³-hybridized carbons (Fsp3) is 0.167. The minimum absolute atomic E-state index is 0.0997. The number of ketones is 1. The molecule has 1 atom stereocenters. The summed E-state index contributed by atoms with van der Waals surface area (Å²) in [6, 6.07) is 13.6. The van der Waals surface area contributed by atoms with E-state index >= 15 is 0 Å². The number of benzene rings is 1. The smallest absolute Gasteiger partial charge is 0.196 e. The van der Waals surface area contributed by atoms with Crippen molar-refractivity contribution in [1.29, 1.82) is 0 Å². The Morgan fingerprint density at radius 3 is 2.83 bits per heavy atom. The van der Waals surface area contributed by atoms with Gasteiger partial charge in [0.05, 0.1) is 5.25 Å². The van der Waals surface area contributed by atoms with Gasteiger partial charge in [0.15, 0.2) is 16.6 Å². The molecule has 0 bridgehead atoms. The Kier molecular flexibility index (Phi) is 3.61. The first-order valence-corrected chi connectivity index (χ1v) is 8.61. The molecule has 0 radical (unpaired) electrons. The van der Waals surface area contributed by atoms with Gasteiger partial charge in [-0.25, -0.2) is 0 Å². The fourth-order valence-electron chi connectivity index (χ4n) is 2.91. The molecule has 6 heteroatoms. The number of H-pyrrole nitrogens is 1. The summed E-state index contributed by atoms with van der Waals surface area (Å²) >= 11 is 1.43. The van der Waals surface area contributed by atoms with Gasteiger partial charge in [0, 0.05) is 28.4 Å². The van der Waals surface area contributed by atoms with Crippen LogP contribution in [0.15, 0.2) is 53.8 Å². The quantitative estimate of drug-likeness (QED) is 0.454. The third-order valence-corrected chi connectivity index (χ3v) is 5.13. The average molecular weight is 336 g/mol. The molecule has 1 N–H and O–H groups in total. The van der Waals surface area contributed by atoms with E-state index in [2.05, 4.69) is 15.2 Å². The maximum absolute atomic E-state index is 13.0. The van der Waals surface area contributed by atoms with Crippen molar-refractivity contribution in [3.05, 3.63) is 59.9 Å². The van der Waals surface area contributed by atoms with Crippen molar-refractivity contribution in [2.45, 2.75) is 24.3 Å². The van der Waals surface area contributed by atoms with E-state index in [1.165, 1.54) is 11.8 Å². The van der Waals surface area contributed by atoms with Crippen LogP contribution in [0.25, 0.3) is 16.6 Å². The van der Waals surface area contributed by atoms with Crippen LogP contribution in [0.4, 0.5) is 0 Å². The predicted molar refractivity (Wildman–Crippen MR) is 95.7 cm³/mol. The van der Waals surface area contributed by atoms with E-state index < -0.39 is 0 Å². The van der Waals surface area contributed by atoms with Gasteiger partial charge in [0.25, 0.3) is 0 Å². The van der Waals surface area contributed by atoms with E-state index in [0.717, 1.165) is 33.0 Å². The molecule has 3 heterocycles. The summed E-state index contributed by atoms with van der Waals surface area (Å²) in [6.45, 7) is 3.86. The highest BCUT2D eigenvalue weighted by atomic mass is 32.2. The van der Waals surface area contributed by atoms with Gasteiger partial charge in [0.1, 0.15) is 0 Å². The first-order valence-electron chi connectivity index (χ1n) is 7.73. The number of hydrogen-bond acceptors (Lipinski definition) is 4. The van der Waals surface area contributed by atoms with Gasteiger partial charge in [-0.3, -0.25) is 9.20 Å². The molecule has 0 fully saturated rings. The summed E-state index contributed by atoms with van der Waals surface area (Å²) in [6.07, 6.45) is 1.91. The monoisotopic (exact) mass is 336 g/mol. The van der Waals surface area contributed by atoms with E-state index in [-0.39, 0.29) is 11.0 Å². The fourth-order valence-corrected chi connectivity index (χ4v) is 3.81. The second kappa shape index (κ2) is 5.79. The van der Waals surface area contributed by atoms with E-state index in [4.69, 9.17) is 0 Å². The second-order valence-electron chi connectivity index (χ2n) is 5.71. The molecule has 4 rings (SSSR count). The Balaban J connectivity index is 1.67. The summed E-state index contributed by atoms with van der Waals surface area (Å²) in [5.41, 5.74) is 3.44. The van der Waals surface area contributed by atoms with Crippen molar-refractivity contribution in [3.63, 3.8) is 0 Å². The van der Waals surface area contributed by atoms with Crippen molar-refractivity contribution < 1.29 is 4.79 Å². The molecule has 0 aliphatic rings. The number of aromatic nitrogens is 4. The summed E-state index contributed by atoms with van der Waals surface area (Å²) < 4.78 is 1.90. The Morgan fingerprint density at radius 2 is 1.96 bits per heavy atom. The number of hydrogen-bond donors (Lipinski definition) is 1. The van der Waals surface area contributed by atoms with Crippen molar-refractivity contribution in [2.75, 3.05) is 0 Å². The zero-order valence-electron chi connectivity index (χ0n) is 13.4. The van der Waals surface area contributed by atoms with E-state index in [0.29, 0.717) is 0 Å². The summed E-state index contributed by atoms with van der Waals surface area (Å²) in [5.74, 6) is 0.0997. The Morgan fingerprint density at radius 1 is 1.17 bits per heavy atom. The number of aromatic amines is 1. The number of aryl methyl sites for hydroxylation is 1. The lowest BCUT2D eigenvalue weighted by Gasteiger charge is -2.09. The summed E-state index contributed by atoms with van der Waals surface area (Å²) in [5, 5.41) is 9.78. The molecule has 0 amide bonds. The van der Waals surface area contributed by atoms with Crippen molar-refractivity contribution >= 4 is 34.1 Å². The van der Waals surface area contributed by atoms with Gasteiger partial charge in [0.2, 0.25) is 0 Å². The van der Waals surface area contributed by atoms with Gasteiger partial charge in [-0.1, -0.05) is 36.0 Å². The number of thioether (sulfide) groups is 1. The van der Waals surface area contributed by atoms with Crippen LogP contribution in [0.1, 0.15) is 23.0 Å². The zero-order valence-corrected chi connectivity index (χ0v) is 14.2. The lowest BCUT2D eigenvalue weighted by atomic mass is 10.1. The maximum Gasteiger partial charge on any atom is 0.196 e. The molecule has 0 aliphatic heterocycles. The molecule has 0 aliphatic carbocycles. The molecule has 0 saturated carbocycles. The van der Waals surface area contributed by atoms with Crippen LogP contribution in [0.3, 0.4) is 0 Å². The molecule has 3 aromatic heterocycles. The third kappa shape index (κ3) is 2.39. The largest absolute Gasteiger partial charge is 0.358 e. The number of fused-ring (bicyclic) bond motifs is 2. The predicted octanol–water partition coefficient (Wildman–Crippen LogP) is 3.88. The van der Waals surface area contributed by atoms with Gasteiger partial charge >= 0.3 is 0 Å². The third-order valence-electron chi connectivity index (χ3n) is 4.07. The second-order valence-corrected chi connectivity index (χ2v) is 7.01. The minimum atomic E-state index is -0.254. The molecule has 0 unspecified atom stereocenters. The van der Waals surface area contributed by atoms with Crippen molar-refractivity contribution in [1.82, 2.24) is 19.6 Å². The minimum Gasteiger partial charge on any atom is -0.358 e. The maximum atomic E-state index is 13.0. The number of pyridine rings is 1. The number of Topliss-reactive ketones (excluding diaryl/α,β-unsaturated/α-hetero) is 1. The normalized spacial score (nSPS) is 12.8.